The Balaban J connectivity index is 1.64. The van der Waals surface area contributed by atoms with Gasteiger partial charge in [0.05, 0.1) is 11.9 Å². The summed E-state index contributed by atoms with van der Waals surface area (Å²) < 4.78 is 0. The number of rotatable bonds is 6. The Labute approximate surface area is 195 Å². The topological polar surface area (TPSA) is 73.4 Å². The number of carbonyl (C=O) groups excluding carboxylic acids is 1. The molecular weight excluding hydrogens is 412 g/mol. The fourth-order valence-electron chi connectivity index (χ4n) is 3.96. The first kappa shape index (κ1) is 22.5. The predicted molar refractivity (Wildman–Crippen MR) is 135 cm³/mol. The average Bonchev–Trinajstić information content (AvgIpc) is 2.78. The van der Waals surface area contributed by atoms with E-state index in [1.165, 1.54) is 0 Å². The summed E-state index contributed by atoms with van der Waals surface area (Å²) in [6.07, 6.45) is 5.44. The standard InChI is InChI=1S/C26H30N6O/c1-17-12-28-23-8-6-19(20-10-18(13-27-14-20)16-31(2)3)11-22(23)25(17)26(33)30-21-7-9-24(29-15-21)32(4)5/h6-11,13-15,28H,12,16H2,1-5H3,(H,30,33). The Hall–Kier alpha value is -3.71. The Morgan fingerprint density at radius 2 is 1.85 bits per heavy atom. The molecule has 0 aliphatic carbocycles. The van der Waals surface area contributed by atoms with Gasteiger partial charge in [-0.15, -0.1) is 0 Å². The molecule has 0 saturated carbocycles. The number of anilines is 3. The molecule has 0 atom stereocenters. The molecule has 2 aromatic heterocycles. The molecule has 3 aromatic rings. The van der Waals surface area contributed by atoms with Gasteiger partial charge in [0.25, 0.3) is 5.91 Å². The molecule has 0 spiro atoms. The van der Waals surface area contributed by atoms with Crippen LogP contribution in [-0.2, 0) is 11.3 Å². The van der Waals surface area contributed by atoms with Crippen molar-refractivity contribution < 1.29 is 4.79 Å². The fourth-order valence-corrected chi connectivity index (χ4v) is 3.96. The van der Waals surface area contributed by atoms with E-state index in [1.807, 2.05) is 70.6 Å². The second kappa shape index (κ2) is 9.42. The molecule has 4 rings (SSSR count). The Bertz CT molecular complexity index is 1200. The van der Waals surface area contributed by atoms with Crippen molar-refractivity contribution in [1.29, 1.82) is 0 Å². The maximum Gasteiger partial charge on any atom is 0.256 e. The highest BCUT2D eigenvalue weighted by atomic mass is 16.1. The number of nitrogens with one attached hydrogen (secondary N) is 2. The van der Waals surface area contributed by atoms with Gasteiger partial charge in [-0.3, -0.25) is 9.78 Å². The van der Waals surface area contributed by atoms with Crippen molar-refractivity contribution >= 4 is 28.7 Å². The van der Waals surface area contributed by atoms with Crippen LogP contribution in [0.15, 0.2) is 60.6 Å². The summed E-state index contributed by atoms with van der Waals surface area (Å²) in [5.41, 5.74) is 7.41. The van der Waals surface area contributed by atoms with Crippen LogP contribution in [0.25, 0.3) is 16.7 Å². The van der Waals surface area contributed by atoms with E-state index < -0.39 is 0 Å². The van der Waals surface area contributed by atoms with Gasteiger partial charge in [-0.2, -0.15) is 0 Å². The van der Waals surface area contributed by atoms with E-state index in [-0.39, 0.29) is 5.91 Å². The van der Waals surface area contributed by atoms with E-state index in [0.717, 1.165) is 45.9 Å². The number of pyridine rings is 2. The van der Waals surface area contributed by atoms with Crippen molar-refractivity contribution in [1.82, 2.24) is 14.9 Å². The summed E-state index contributed by atoms with van der Waals surface area (Å²) in [6.45, 7) is 3.44. The molecular formula is C26H30N6O. The predicted octanol–water partition coefficient (Wildman–Crippen LogP) is 4.11. The number of amides is 1. The number of aromatic nitrogens is 2. The smallest absolute Gasteiger partial charge is 0.256 e. The lowest BCUT2D eigenvalue weighted by atomic mass is 9.91. The van der Waals surface area contributed by atoms with Crippen LogP contribution in [-0.4, -0.2) is 55.5 Å². The third kappa shape index (κ3) is 5.04. The molecule has 0 unspecified atom stereocenters. The molecule has 7 nitrogen and oxygen atoms in total. The molecule has 1 aliphatic rings. The minimum absolute atomic E-state index is 0.133. The van der Waals surface area contributed by atoms with Crippen molar-refractivity contribution in [2.45, 2.75) is 13.5 Å². The Morgan fingerprint density at radius 1 is 1.03 bits per heavy atom. The normalized spacial score (nSPS) is 12.9. The molecule has 2 N–H and O–H groups in total. The van der Waals surface area contributed by atoms with Gasteiger partial charge in [0, 0.05) is 62.0 Å². The third-order valence-corrected chi connectivity index (χ3v) is 5.58. The van der Waals surface area contributed by atoms with Gasteiger partial charge in [0.15, 0.2) is 0 Å². The maximum absolute atomic E-state index is 13.3. The van der Waals surface area contributed by atoms with E-state index in [1.54, 1.807) is 6.20 Å². The Morgan fingerprint density at radius 3 is 2.55 bits per heavy atom. The van der Waals surface area contributed by atoms with E-state index in [0.29, 0.717) is 17.8 Å². The van der Waals surface area contributed by atoms with Gasteiger partial charge >= 0.3 is 0 Å². The van der Waals surface area contributed by atoms with E-state index >= 15 is 0 Å². The number of benzene rings is 1. The van der Waals surface area contributed by atoms with Crippen LogP contribution in [0.2, 0.25) is 0 Å². The zero-order valence-corrected chi connectivity index (χ0v) is 19.8. The van der Waals surface area contributed by atoms with Crippen LogP contribution in [0.4, 0.5) is 17.2 Å². The van der Waals surface area contributed by atoms with Gasteiger partial charge in [-0.05, 0) is 68.1 Å². The monoisotopic (exact) mass is 442 g/mol. The third-order valence-electron chi connectivity index (χ3n) is 5.58. The lowest BCUT2D eigenvalue weighted by Crippen LogP contribution is -2.22. The van der Waals surface area contributed by atoms with Crippen LogP contribution >= 0.6 is 0 Å². The van der Waals surface area contributed by atoms with Gasteiger partial charge in [0.1, 0.15) is 5.82 Å². The van der Waals surface area contributed by atoms with Crippen molar-refractivity contribution in [3.8, 4) is 11.1 Å². The summed E-state index contributed by atoms with van der Waals surface area (Å²) in [7, 11) is 7.95. The fraction of sp³-hybridized carbons (Fsp3) is 0.269. The maximum atomic E-state index is 13.3. The average molecular weight is 443 g/mol. The summed E-state index contributed by atoms with van der Waals surface area (Å²) in [5.74, 6) is 0.705. The van der Waals surface area contributed by atoms with Crippen LogP contribution in [0.1, 0.15) is 18.1 Å². The highest BCUT2D eigenvalue weighted by Gasteiger charge is 2.23. The molecule has 170 valence electrons. The van der Waals surface area contributed by atoms with E-state index in [4.69, 9.17) is 0 Å². The van der Waals surface area contributed by atoms with Crippen LogP contribution < -0.4 is 15.5 Å². The van der Waals surface area contributed by atoms with Crippen molar-refractivity contribution in [3.05, 3.63) is 71.7 Å². The van der Waals surface area contributed by atoms with Gasteiger partial charge in [-0.1, -0.05) is 6.07 Å². The molecule has 0 saturated heterocycles. The van der Waals surface area contributed by atoms with Crippen molar-refractivity contribution in [2.75, 3.05) is 50.3 Å². The molecule has 33 heavy (non-hydrogen) atoms. The number of nitrogens with zero attached hydrogens (tertiary/aromatic N) is 4. The SMILES string of the molecule is CC1=C(C(=O)Nc2ccc(N(C)C)nc2)c2cc(-c3cncc(CN(C)C)c3)ccc2NC1. The zero-order chi connectivity index (χ0) is 23.5. The van der Waals surface area contributed by atoms with Crippen molar-refractivity contribution in [2.24, 2.45) is 0 Å². The van der Waals surface area contributed by atoms with Gasteiger partial charge in [0.2, 0.25) is 0 Å². The molecule has 7 heteroatoms. The highest BCUT2D eigenvalue weighted by Crippen LogP contribution is 2.35. The molecule has 0 radical (unpaired) electrons. The lowest BCUT2D eigenvalue weighted by molar-refractivity contribution is -0.111. The molecule has 1 aliphatic heterocycles. The second-order valence-corrected chi connectivity index (χ2v) is 8.84. The molecule has 1 aromatic carbocycles. The highest BCUT2D eigenvalue weighted by molar-refractivity contribution is 6.27. The number of hydrogen-bond acceptors (Lipinski definition) is 6. The minimum atomic E-state index is -0.133. The minimum Gasteiger partial charge on any atom is -0.381 e. The Kier molecular flexibility index (Phi) is 6.42. The second-order valence-electron chi connectivity index (χ2n) is 8.84. The lowest BCUT2D eigenvalue weighted by Gasteiger charge is -2.23. The summed E-state index contributed by atoms with van der Waals surface area (Å²) >= 11 is 0. The van der Waals surface area contributed by atoms with Gasteiger partial charge < -0.3 is 20.4 Å². The largest absolute Gasteiger partial charge is 0.381 e. The van der Waals surface area contributed by atoms with Crippen molar-refractivity contribution in [3.63, 3.8) is 0 Å². The first-order chi connectivity index (χ1) is 15.8. The zero-order valence-electron chi connectivity index (χ0n) is 19.8. The van der Waals surface area contributed by atoms with Crippen LogP contribution in [0.3, 0.4) is 0 Å². The molecule has 0 bridgehead atoms. The van der Waals surface area contributed by atoms with Crippen LogP contribution in [0.5, 0.6) is 0 Å². The number of carbonyl (C=O) groups is 1. The van der Waals surface area contributed by atoms with Crippen LogP contribution in [0, 0.1) is 0 Å². The summed E-state index contributed by atoms with van der Waals surface area (Å²) in [5, 5.41) is 6.43. The quantitative estimate of drug-likeness (QED) is 0.599. The van der Waals surface area contributed by atoms with E-state index in [2.05, 4.69) is 43.7 Å². The summed E-state index contributed by atoms with van der Waals surface area (Å²) in [4.78, 5) is 26.2. The first-order valence-corrected chi connectivity index (χ1v) is 10.9. The molecule has 1 amide bonds. The molecule has 3 heterocycles. The first-order valence-electron chi connectivity index (χ1n) is 10.9. The number of hydrogen-bond donors (Lipinski definition) is 2. The molecule has 0 fully saturated rings. The van der Waals surface area contributed by atoms with Gasteiger partial charge in [-0.25, -0.2) is 4.98 Å². The van der Waals surface area contributed by atoms with E-state index in [9.17, 15) is 4.79 Å². The number of fused-ring (bicyclic) bond motifs is 1. The summed E-state index contributed by atoms with van der Waals surface area (Å²) in [6, 6.07) is 12.1.